The van der Waals surface area contributed by atoms with Crippen molar-refractivity contribution in [2.75, 3.05) is 19.7 Å². The highest BCUT2D eigenvalue weighted by molar-refractivity contribution is 7.91. The summed E-state index contributed by atoms with van der Waals surface area (Å²) in [4.78, 5) is 0.875. The molecule has 0 aliphatic carbocycles. The van der Waals surface area contributed by atoms with Crippen molar-refractivity contribution in [3.05, 3.63) is 17.0 Å². The lowest BCUT2D eigenvalue weighted by Gasteiger charge is -2.15. The molecule has 1 aliphatic heterocycles. The van der Waals surface area contributed by atoms with E-state index in [0.29, 0.717) is 30.3 Å². The highest BCUT2D eigenvalue weighted by Gasteiger charge is 2.32. The normalized spacial score (nSPS) is 21.6. The molecular weight excluding hydrogens is 272 g/mol. The summed E-state index contributed by atoms with van der Waals surface area (Å²) in [6.45, 7) is 1.55. The molecule has 2 heterocycles. The topological polar surface area (TPSA) is 83.6 Å². The number of rotatable bonds is 5. The average molecular weight is 290 g/mol. The number of hydrogen-bond donors (Lipinski definition) is 2. The standard InChI is InChI=1S/C11H18N2O3S2/c12-7-10-1-2-11(17-10)18(15,16)13-5-3-9(8-13)4-6-14/h1-2,9,14H,3-8,12H2. The summed E-state index contributed by atoms with van der Waals surface area (Å²) in [7, 11) is -3.36. The number of aliphatic hydroxyl groups excluding tert-OH is 1. The number of thiophene rings is 1. The van der Waals surface area contributed by atoms with E-state index in [-0.39, 0.29) is 12.5 Å². The average Bonchev–Trinajstić information content (AvgIpc) is 2.98. The first-order valence-corrected chi connectivity index (χ1v) is 8.23. The van der Waals surface area contributed by atoms with Crippen molar-refractivity contribution < 1.29 is 13.5 Å². The molecule has 5 nitrogen and oxygen atoms in total. The van der Waals surface area contributed by atoms with Crippen LogP contribution >= 0.6 is 11.3 Å². The van der Waals surface area contributed by atoms with Gasteiger partial charge in [0.05, 0.1) is 0 Å². The van der Waals surface area contributed by atoms with Gasteiger partial charge in [-0.3, -0.25) is 0 Å². The van der Waals surface area contributed by atoms with E-state index in [1.165, 1.54) is 15.6 Å². The summed E-state index contributed by atoms with van der Waals surface area (Å²) in [5.41, 5.74) is 5.50. The minimum atomic E-state index is -3.36. The summed E-state index contributed by atoms with van der Waals surface area (Å²) in [5.74, 6) is 0.277. The Morgan fingerprint density at radius 1 is 1.50 bits per heavy atom. The third-order valence-corrected chi connectivity index (χ3v) is 6.66. The molecule has 7 heteroatoms. The minimum Gasteiger partial charge on any atom is -0.396 e. The highest BCUT2D eigenvalue weighted by atomic mass is 32.2. The lowest BCUT2D eigenvalue weighted by Crippen LogP contribution is -2.28. The van der Waals surface area contributed by atoms with Gasteiger partial charge in [0, 0.05) is 31.1 Å². The summed E-state index contributed by atoms with van der Waals surface area (Å²) in [6, 6.07) is 3.39. The zero-order chi connectivity index (χ0) is 13.2. The quantitative estimate of drug-likeness (QED) is 0.832. The predicted molar refractivity (Wildman–Crippen MR) is 70.8 cm³/mol. The molecule has 0 aromatic carbocycles. The van der Waals surface area contributed by atoms with Crippen LogP contribution in [0.15, 0.2) is 16.3 Å². The van der Waals surface area contributed by atoms with Crippen LogP contribution in [-0.4, -0.2) is 37.5 Å². The Hall–Kier alpha value is -0.470. The van der Waals surface area contributed by atoms with Gasteiger partial charge in [-0.25, -0.2) is 8.42 Å². The monoisotopic (exact) mass is 290 g/mol. The van der Waals surface area contributed by atoms with Crippen molar-refractivity contribution in [2.24, 2.45) is 11.7 Å². The van der Waals surface area contributed by atoms with Crippen LogP contribution < -0.4 is 5.73 Å². The van der Waals surface area contributed by atoms with Crippen LogP contribution in [0.25, 0.3) is 0 Å². The molecule has 1 aromatic rings. The number of hydrogen-bond acceptors (Lipinski definition) is 5. The van der Waals surface area contributed by atoms with Crippen LogP contribution in [0, 0.1) is 5.92 Å². The molecule has 3 N–H and O–H groups in total. The van der Waals surface area contributed by atoms with Gasteiger partial charge in [0.1, 0.15) is 4.21 Å². The van der Waals surface area contributed by atoms with Gasteiger partial charge in [0.25, 0.3) is 10.0 Å². The van der Waals surface area contributed by atoms with Gasteiger partial charge in [-0.15, -0.1) is 11.3 Å². The molecule has 0 amide bonds. The first-order chi connectivity index (χ1) is 8.57. The second-order valence-electron chi connectivity index (χ2n) is 4.45. The zero-order valence-electron chi connectivity index (χ0n) is 10.1. The number of nitrogens with zero attached hydrogens (tertiary/aromatic N) is 1. The molecule has 1 aromatic heterocycles. The second-order valence-corrected chi connectivity index (χ2v) is 7.79. The van der Waals surface area contributed by atoms with E-state index in [1.54, 1.807) is 12.1 Å². The van der Waals surface area contributed by atoms with Crippen molar-refractivity contribution in [1.29, 1.82) is 0 Å². The molecule has 1 fully saturated rings. The van der Waals surface area contributed by atoms with Crippen LogP contribution in [0.1, 0.15) is 17.7 Å². The SMILES string of the molecule is NCc1ccc(S(=O)(=O)N2CCC(CCO)C2)s1. The number of sulfonamides is 1. The Morgan fingerprint density at radius 3 is 2.89 bits per heavy atom. The van der Waals surface area contributed by atoms with Gasteiger partial charge in [-0.1, -0.05) is 0 Å². The van der Waals surface area contributed by atoms with Gasteiger partial charge >= 0.3 is 0 Å². The molecule has 1 unspecified atom stereocenters. The maximum Gasteiger partial charge on any atom is 0.252 e. The third kappa shape index (κ3) is 2.75. The fourth-order valence-electron chi connectivity index (χ4n) is 2.17. The first kappa shape index (κ1) is 14.0. The Kier molecular flexibility index (Phi) is 4.39. The predicted octanol–water partition coefficient (Wildman–Crippen LogP) is 0.600. The Labute approximate surface area is 111 Å². The lowest BCUT2D eigenvalue weighted by molar-refractivity contribution is 0.260. The number of nitrogens with two attached hydrogens (primary N) is 1. The minimum absolute atomic E-state index is 0.120. The van der Waals surface area contributed by atoms with Crippen molar-refractivity contribution >= 4 is 21.4 Å². The molecule has 1 aliphatic rings. The van der Waals surface area contributed by atoms with Crippen LogP contribution in [-0.2, 0) is 16.6 Å². The molecule has 0 bridgehead atoms. The van der Waals surface area contributed by atoms with Crippen molar-refractivity contribution in [3.8, 4) is 0 Å². The molecular formula is C11H18N2O3S2. The third-order valence-electron chi connectivity index (χ3n) is 3.22. The highest BCUT2D eigenvalue weighted by Crippen LogP contribution is 2.29. The fraction of sp³-hybridized carbons (Fsp3) is 0.636. The summed E-state index contributed by atoms with van der Waals surface area (Å²) < 4.78 is 26.6. The van der Waals surface area contributed by atoms with Gasteiger partial charge in [-0.2, -0.15) is 4.31 Å². The Bertz CT molecular complexity index is 498. The van der Waals surface area contributed by atoms with Crippen molar-refractivity contribution in [2.45, 2.75) is 23.6 Å². The van der Waals surface area contributed by atoms with Crippen LogP contribution in [0.3, 0.4) is 0 Å². The van der Waals surface area contributed by atoms with E-state index in [9.17, 15) is 8.42 Å². The van der Waals surface area contributed by atoms with Gasteiger partial charge in [0.15, 0.2) is 0 Å². The number of aliphatic hydroxyl groups is 1. The van der Waals surface area contributed by atoms with Gasteiger partial charge in [0.2, 0.25) is 0 Å². The molecule has 102 valence electrons. The zero-order valence-corrected chi connectivity index (χ0v) is 11.7. The largest absolute Gasteiger partial charge is 0.396 e. The Balaban J connectivity index is 2.12. The van der Waals surface area contributed by atoms with Gasteiger partial charge in [-0.05, 0) is 30.9 Å². The first-order valence-electron chi connectivity index (χ1n) is 5.97. The van der Waals surface area contributed by atoms with Crippen molar-refractivity contribution in [3.63, 3.8) is 0 Å². The van der Waals surface area contributed by atoms with E-state index >= 15 is 0 Å². The molecule has 1 saturated heterocycles. The lowest BCUT2D eigenvalue weighted by atomic mass is 10.1. The molecule has 2 rings (SSSR count). The van der Waals surface area contributed by atoms with Crippen molar-refractivity contribution in [1.82, 2.24) is 4.31 Å². The van der Waals surface area contributed by atoms with E-state index in [2.05, 4.69) is 0 Å². The molecule has 1 atom stereocenters. The summed E-state index contributed by atoms with van der Waals surface area (Å²) in [5, 5.41) is 8.89. The summed E-state index contributed by atoms with van der Waals surface area (Å²) >= 11 is 1.24. The Morgan fingerprint density at radius 2 is 2.28 bits per heavy atom. The van der Waals surface area contributed by atoms with Crippen LogP contribution in [0.5, 0.6) is 0 Å². The molecule has 0 radical (unpaired) electrons. The second kappa shape index (κ2) is 5.66. The maximum atomic E-state index is 12.3. The fourth-order valence-corrected chi connectivity index (χ4v) is 5.09. The van der Waals surface area contributed by atoms with Crippen LogP contribution in [0.4, 0.5) is 0 Å². The van der Waals surface area contributed by atoms with Crippen LogP contribution in [0.2, 0.25) is 0 Å². The smallest absolute Gasteiger partial charge is 0.252 e. The molecule has 0 spiro atoms. The maximum absolute atomic E-state index is 12.3. The summed E-state index contributed by atoms with van der Waals surface area (Å²) in [6.07, 6.45) is 1.50. The van der Waals surface area contributed by atoms with E-state index in [1.807, 2.05) is 0 Å². The van der Waals surface area contributed by atoms with E-state index in [4.69, 9.17) is 10.8 Å². The molecule has 0 saturated carbocycles. The van der Waals surface area contributed by atoms with Gasteiger partial charge < -0.3 is 10.8 Å². The van der Waals surface area contributed by atoms with E-state index in [0.717, 1.165) is 11.3 Å². The molecule has 18 heavy (non-hydrogen) atoms. The van der Waals surface area contributed by atoms with E-state index < -0.39 is 10.0 Å².